The van der Waals surface area contributed by atoms with E-state index >= 15 is 0 Å². The molecule has 1 aliphatic carbocycles. The van der Waals surface area contributed by atoms with Gasteiger partial charge in [0, 0.05) is 29.8 Å². The van der Waals surface area contributed by atoms with Crippen molar-refractivity contribution in [2.45, 2.75) is 12.3 Å². The lowest BCUT2D eigenvalue weighted by Gasteiger charge is -2.34. The number of carbonyl (C=O) groups excluding carboxylic acids is 2. The molecule has 8 nitrogen and oxygen atoms in total. The molecule has 29 heavy (non-hydrogen) atoms. The van der Waals surface area contributed by atoms with E-state index < -0.39 is 17.8 Å². The van der Waals surface area contributed by atoms with Crippen molar-refractivity contribution < 1.29 is 38.4 Å². The number of ether oxygens (including phenoxy) is 5. The van der Waals surface area contributed by atoms with Crippen molar-refractivity contribution in [3.8, 4) is 28.7 Å². The molecule has 0 saturated heterocycles. The van der Waals surface area contributed by atoms with Gasteiger partial charge in [0.2, 0.25) is 12.5 Å². The molecule has 4 rings (SSSR count). The number of Topliss-reactive ketones (excluding diaryl/α,β-unsaturated/α-hetero) is 1. The molecular formula is C21H19O8-. The minimum atomic E-state index is -1.31. The largest absolute Gasteiger partial charge is 0.550 e. The van der Waals surface area contributed by atoms with Crippen LogP contribution in [-0.4, -0.2) is 39.9 Å². The topological polar surface area (TPSA) is 103 Å². The Labute approximate surface area is 166 Å². The summed E-state index contributed by atoms with van der Waals surface area (Å²) in [7, 11) is 4.45. The van der Waals surface area contributed by atoms with E-state index in [9.17, 15) is 14.7 Å². The van der Waals surface area contributed by atoms with Crippen molar-refractivity contribution in [2.24, 2.45) is 5.92 Å². The van der Waals surface area contributed by atoms with Gasteiger partial charge in [0.05, 0.1) is 21.3 Å². The number of rotatable bonds is 5. The van der Waals surface area contributed by atoms with Crippen LogP contribution < -0.4 is 28.8 Å². The van der Waals surface area contributed by atoms with E-state index in [1.165, 1.54) is 21.3 Å². The van der Waals surface area contributed by atoms with Gasteiger partial charge in [0.1, 0.15) is 0 Å². The fourth-order valence-electron chi connectivity index (χ4n) is 4.01. The molecule has 2 unspecified atom stereocenters. The summed E-state index contributed by atoms with van der Waals surface area (Å²) >= 11 is 0. The molecule has 2 atom stereocenters. The second-order valence-electron chi connectivity index (χ2n) is 6.78. The zero-order valence-corrected chi connectivity index (χ0v) is 16.1. The van der Waals surface area contributed by atoms with Crippen LogP contribution in [0.15, 0.2) is 24.3 Å². The van der Waals surface area contributed by atoms with Crippen LogP contribution in [-0.2, 0) is 4.79 Å². The lowest BCUT2D eigenvalue weighted by Crippen LogP contribution is -2.39. The molecule has 0 aromatic heterocycles. The first kappa shape index (κ1) is 18.9. The first-order valence-corrected chi connectivity index (χ1v) is 8.96. The van der Waals surface area contributed by atoms with Crippen molar-refractivity contribution in [3.05, 3.63) is 41.0 Å². The van der Waals surface area contributed by atoms with Crippen LogP contribution in [0.2, 0.25) is 0 Å². The average molecular weight is 399 g/mol. The quantitative estimate of drug-likeness (QED) is 0.746. The lowest BCUT2D eigenvalue weighted by atomic mass is 9.71. The van der Waals surface area contributed by atoms with Crippen molar-refractivity contribution >= 4 is 11.8 Å². The molecule has 0 radical (unpaired) electrons. The molecule has 0 fully saturated rings. The average Bonchev–Trinajstić information content (AvgIpc) is 3.18. The van der Waals surface area contributed by atoms with E-state index in [1.54, 1.807) is 24.3 Å². The normalized spacial score (nSPS) is 19.5. The molecular weight excluding hydrogens is 380 g/mol. The van der Waals surface area contributed by atoms with Gasteiger partial charge in [-0.2, -0.15) is 0 Å². The third kappa shape index (κ3) is 3.00. The summed E-state index contributed by atoms with van der Waals surface area (Å²) in [5.74, 6) is -1.22. The van der Waals surface area contributed by atoms with Crippen LogP contribution in [0, 0.1) is 5.92 Å². The van der Waals surface area contributed by atoms with Crippen LogP contribution in [0.5, 0.6) is 28.7 Å². The summed E-state index contributed by atoms with van der Waals surface area (Å²) in [6.45, 7) is 0.0468. The van der Waals surface area contributed by atoms with Crippen molar-refractivity contribution in [1.29, 1.82) is 0 Å². The highest BCUT2D eigenvalue weighted by molar-refractivity contribution is 6.02. The maximum absolute atomic E-state index is 12.7. The van der Waals surface area contributed by atoms with Gasteiger partial charge in [-0.3, -0.25) is 4.79 Å². The predicted octanol–water partition coefficient (Wildman–Crippen LogP) is 1.53. The summed E-state index contributed by atoms with van der Waals surface area (Å²) in [5, 5.41) is 12.0. The molecule has 0 saturated carbocycles. The molecule has 0 bridgehead atoms. The highest BCUT2D eigenvalue weighted by atomic mass is 16.7. The van der Waals surface area contributed by atoms with Gasteiger partial charge in [0.15, 0.2) is 28.8 Å². The Bertz CT molecular complexity index is 971. The van der Waals surface area contributed by atoms with Gasteiger partial charge in [-0.25, -0.2) is 0 Å². The number of methoxy groups -OCH3 is 3. The van der Waals surface area contributed by atoms with Crippen LogP contribution >= 0.6 is 0 Å². The van der Waals surface area contributed by atoms with E-state index in [2.05, 4.69) is 0 Å². The molecule has 0 N–H and O–H groups in total. The molecule has 2 aromatic carbocycles. The Morgan fingerprint density at radius 1 is 1.00 bits per heavy atom. The molecule has 1 aliphatic heterocycles. The Kier molecular flexibility index (Phi) is 4.70. The number of carboxylic acid groups (broad SMARTS) is 1. The van der Waals surface area contributed by atoms with E-state index in [0.717, 1.165) is 0 Å². The maximum Gasteiger partial charge on any atom is 0.231 e. The first-order chi connectivity index (χ1) is 14.0. The number of hydrogen-bond donors (Lipinski definition) is 0. The van der Waals surface area contributed by atoms with Crippen LogP contribution in [0.4, 0.5) is 0 Å². The Hall–Kier alpha value is -3.42. The first-order valence-electron chi connectivity index (χ1n) is 8.96. The highest BCUT2D eigenvalue weighted by Crippen LogP contribution is 2.49. The second-order valence-corrected chi connectivity index (χ2v) is 6.78. The number of benzene rings is 2. The summed E-state index contributed by atoms with van der Waals surface area (Å²) in [6.07, 6.45) is -0.184. The molecule has 0 amide bonds. The summed E-state index contributed by atoms with van der Waals surface area (Å²) < 4.78 is 27.0. The van der Waals surface area contributed by atoms with Gasteiger partial charge in [-0.1, -0.05) is 0 Å². The van der Waals surface area contributed by atoms with E-state index in [-0.39, 0.29) is 19.0 Å². The van der Waals surface area contributed by atoms with Gasteiger partial charge in [-0.15, -0.1) is 0 Å². The smallest absolute Gasteiger partial charge is 0.231 e. The molecule has 2 aliphatic rings. The molecule has 152 valence electrons. The molecule has 1 heterocycles. The van der Waals surface area contributed by atoms with Gasteiger partial charge in [0.25, 0.3) is 0 Å². The maximum atomic E-state index is 12.7. The summed E-state index contributed by atoms with van der Waals surface area (Å²) in [5.41, 5.74) is 1.54. The van der Waals surface area contributed by atoms with Gasteiger partial charge in [-0.05, 0) is 35.4 Å². The van der Waals surface area contributed by atoms with Crippen LogP contribution in [0.3, 0.4) is 0 Å². The number of fused-ring (bicyclic) bond motifs is 2. The fraction of sp³-hybridized carbons (Fsp3) is 0.333. The zero-order chi connectivity index (χ0) is 20.7. The van der Waals surface area contributed by atoms with Crippen LogP contribution in [0.25, 0.3) is 0 Å². The number of hydrogen-bond acceptors (Lipinski definition) is 8. The minimum Gasteiger partial charge on any atom is -0.550 e. The minimum absolute atomic E-state index is 0.0468. The molecule has 2 aromatic rings. The number of carboxylic acids is 1. The molecule has 8 heteroatoms. The fourth-order valence-corrected chi connectivity index (χ4v) is 4.01. The molecule has 0 spiro atoms. The highest BCUT2D eigenvalue weighted by Gasteiger charge is 2.38. The monoisotopic (exact) mass is 399 g/mol. The third-order valence-electron chi connectivity index (χ3n) is 5.34. The van der Waals surface area contributed by atoms with Crippen molar-refractivity contribution in [1.82, 2.24) is 0 Å². The predicted molar refractivity (Wildman–Crippen MR) is 98.0 cm³/mol. The lowest BCUT2D eigenvalue weighted by molar-refractivity contribution is -0.312. The van der Waals surface area contributed by atoms with Crippen LogP contribution in [0.1, 0.15) is 33.8 Å². The number of aliphatic carboxylic acids is 1. The Morgan fingerprint density at radius 3 is 2.17 bits per heavy atom. The summed E-state index contributed by atoms with van der Waals surface area (Å²) in [6, 6.07) is 6.65. The Balaban J connectivity index is 1.95. The number of ketones is 1. The Morgan fingerprint density at radius 2 is 1.62 bits per heavy atom. The SMILES string of the molecule is COc1cc(C2c3cc4c(cc3C(=O)CC2C(=O)[O-])OCO4)cc(OC)c1OC. The van der Waals surface area contributed by atoms with Gasteiger partial charge < -0.3 is 33.6 Å². The zero-order valence-electron chi connectivity index (χ0n) is 16.1. The number of carbonyl (C=O) groups is 2. The van der Waals surface area contributed by atoms with Crippen molar-refractivity contribution in [3.63, 3.8) is 0 Å². The third-order valence-corrected chi connectivity index (χ3v) is 5.34. The standard InChI is InChI=1S/C21H20O8/c1-25-17-4-10(5-18(26-2)20(17)27-3)19-12-8-16-15(28-9-29-16)7-11(12)14(22)6-13(19)21(23)24/h4-5,7-8,13,19H,6,9H2,1-3H3,(H,23,24)/p-1. The van der Waals surface area contributed by atoms with Crippen molar-refractivity contribution in [2.75, 3.05) is 28.1 Å². The van der Waals surface area contributed by atoms with E-state index in [4.69, 9.17) is 23.7 Å². The van der Waals surface area contributed by atoms with Gasteiger partial charge >= 0.3 is 0 Å². The second kappa shape index (κ2) is 7.20. The van der Waals surface area contributed by atoms with E-state index in [1.807, 2.05) is 0 Å². The summed E-state index contributed by atoms with van der Waals surface area (Å²) in [4.78, 5) is 24.6. The van der Waals surface area contributed by atoms with E-state index in [0.29, 0.717) is 45.4 Å².